The highest BCUT2D eigenvalue weighted by Crippen LogP contribution is 2.30. The second-order valence-corrected chi connectivity index (χ2v) is 6.51. The number of thiophene rings is 1. The van der Waals surface area contributed by atoms with Gasteiger partial charge in [0.2, 0.25) is 0 Å². The molecule has 1 aliphatic heterocycles. The molecule has 1 aliphatic rings. The number of nitrogens with two attached hydrogens (primary N) is 1. The second kappa shape index (κ2) is 5.45. The van der Waals surface area contributed by atoms with Crippen LogP contribution in [0, 0.1) is 6.92 Å². The molecule has 0 radical (unpaired) electrons. The van der Waals surface area contributed by atoms with Crippen molar-refractivity contribution in [2.24, 2.45) is 5.73 Å². The van der Waals surface area contributed by atoms with Crippen LogP contribution in [-0.2, 0) is 13.0 Å². The number of hydrogen-bond donors (Lipinski definition) is 1. The number of aryl methyl sites for hydroxylation is 1. The van der Waals surface area contributed by atoms with Crippen LogP contribution >= 0.6 is 11.3 Å². The van der Waals surface area contributed by atoms with Gasteiger partial charge >= 0.3 is 0 Å². The Balaban J connectivity index is 1.83. The van der Waals surface area contributed by atoms with Crippen LogP contribution in [0.4, 0.5) is 0 Å². The van der Waals surface area contributed by atoms with Crippen LogP contribution < -0.4 is 5.73 Å². The molecule has 1 atom stereocenters. The smallest absolute Gasteiger partial charge is 0.0567 e. The zero-order valence-electron chi connectivity index (χ0n) is 11.3. The van der Waals surface area contributed by atoms with Crippen LogP contribution in [0.15, 0.2) is 36.4 Å². The van der Waals surface area contributed by atoms with Gasteiger partial charge < -0.3 is 5.73 Å². The highest BCUT2D eigenvalue weighted by molar-refractivity contribution is 7.12. The molecule has 0 amide bonds. The van der Waals surface area contributed by atoms with E-state index in [1.54, 1.807) is 0 Å². The van der Waals surface area contributed by atoms with Crippen LogP contribution in [0.5, 0.6) is 0 Å². The highest BCUT2D eigenvalue weighted by Gasteiger charge is 2.24. The van der Waals surface area contributed by atoms with E-state index in [9.17, 15) is 0 Å². The fourth-order valence-corrected chi connectivity index (χ4v) is 3.89. The van der Waals surface area contributed by atoms with E-state index in [1.165, 1.54) is 20.9 Å². The number of nitrogens with zero attached hydrogens (tertiary/aromatic N) is 1. The topological polar surface area (TPSA) is 29.3 Å². The molecule has 0 aliphatic carbocycles. The van der Waals surface area contributed by atoms with Gasteiger partial charge in [0.1, 0.15) is 0 Å². The van der Waals surface area contributed by atoms with E-state index in [2.05, 4.69) is 48.2 Å². The molecule has 100 valence electrons. The van der Waals surface area contributed by atoms with Crippen molar-refractivity contribution in [2.75, 3.05) is 13.1 Å². The van der Waals surface area contributed by atoms with Crippen molar-refractivity contribution in [3.63, 3.8) is 0 Å². The standard InChI is InChI=1S/C16H20N2S/c1-12-6-7-16(19-12)15(10-17)18-9-8-13-4-2-3-5-14(13)11-18/h2-7,15H,8-11,17H2,1H3. The summed E-state index contributed by atoms with van der Waals surface area (Å²) >= 11 is 1.87. The molecule has 1 aromatic carbocycles. The lowest BCUT2D eigenvalue weighted by atomic mass is 9.98. The van der Waals surface area contributed by atoms with E-state index >= 15 is 0 Å². The maximum absolute atomic E-state index is 6.03. The second-order valence-electron chi connectivity index (χ2n) is 5.19. The van der Waals surface area contributed by atoms with Gasteiger partial charge in [-0.25, -0.2) is 0 Å². The van der Waals surface area contributed by atoms with Crippen molar-refractivity contribution >= 4 is 11.3 Å². The highest BCUT2D eigenvalue weighted by atomic mass is 32.1. The molecule has 0 bridgehead atoms. The van der Waals surface area contributed by atoms with Gasteiger partial charge in [-0.05, 0) is 36.6 Å². The first-order chi connectivity index (χ1) is 9.28. The lowest BCUT2D eigenvalue weighted by Crippen LogP contribution is -2.37. The molecule has 1 aromatic heterocycles. The van der Waals surface area contributed by atoms with Gasteiger partial charge in [0.05, 0.1) is 6.04 Å². The molecular weight excluding hydrogens is 252 g/mol. The Labute approximate surface area is 118 Å². The number of benzene rings is 1. The number of hydrogen-bond acceptors (Lipinski definition) is 3. The van der Waals surface area contributed by atoms with Crippen molar-refractivity contribution < 1.29 is 0 Å². The molecule has 2 heterocycles. The maximum Gasteiger partial charge on any atom is 0.0567 e. The Morgan fingerprint density at radius 1 is 1.21 bits per heavy atom. The summed E-state index contributed by atoms with van der Waals surface area (Å²) in [7, 11) is 0. The summed E-state index contributed by atoms with van der Waals surface area (Å²) in [5.41, 5.74) is 8.99. The van der Waals surface area contributed by atoms with E-state index in [4.69, 9.17) is 5.73 Å². The van der Waals surface area contributed by atoms with Gasteiger partial charge in [0.15, 0.2) is 0 Å². The third-order valence-electron chi connectivity index (χ3n) is 3.91. The van der Waals surface area contributed by atoms with E-state index in [0.717, 1.165) is 19.5 Å². The van der Waals surface area contributed by atoms with Gasteiger partial charge in [-0.1, -0.05) is 24.3 Å². The van der Waals surface area contributed by atoms with Crippen LogP contribution in [0.2, 0.25) is 0 Å². The van der Waals surface area contributed by atoms with Gasteiger partial charge in [-0.15, -0.1) is 11.3 Å². The lowest BCUT2D eigenvalue weighted by Gasteiger charge is -2.34. The van der Waals surface area contributed by atoms with E-state index in [-0.39, 0.29) is 0 Å². The van der Waals surface area contributed by atoms with Gasteiger partial charge in [0.25, 0.3) is 0 Å². The molecule has 0 saturated heterocycles. The quantitative estimate of drug-likeness (QED) is 0.930. The summed E-state index contributed by atoms with van der Waals surface area (Å²) in [6.45, 7) is 4.99. The van der Waals surface area contributed by atoms with Crippen molar-refractivity contribution in [3.05, 3.63) is 57.3 Å². The summed E-state index contributed by atoms with van der Waals surface area (Å²) in [5.74, 6) is 0. The molecule has 1 unspecified atom stereocenters. The molecule has 2 N–H and O–H groups in total. The van der Waals surface area contributed by atoms with Crippen LogP contribution in [-0.4, -0.2) is 18.0 Å². The first kappa shape index (κ1) is 12.9. The van der Waals surface area contributed by atoms with Gasteiger partial charge in [0, 0.05) is 29.4 Å². The lowest BCUT2D eigenvalue weighted by molar-refractivity contribution is 0.186. The molecule has 2 nitrogen and oxygen atoms in total. The van der Waals surface area contributed by atoms with Crippen molar-refractivity contribution in [3.8, 4) is 0 Å². The first-order valence-corrected chi connectivity index (χ1v) is 7.67. The Bertz CT molecular complexity index is 561. The van der Waals surface area contributed by atoms with Crippen LogP contribution in [0.1, 0.15) is 26.9 Å². The minimum Gasteiger partial charge on any atom is -0.329 e. The Hall–Kier alpha value is -1.16. The van der Waals surface area contributed by atoms with E-state index in [1.807, 2.05) is 11.3 Å². The Morgan fingerprint density at radius 3 is 2.68 bits per heavy atom. The minimum atomic E-state index is 0.368. The maximum atomic E-state index is 6.03. The Morgan fingerprint density at radius 2 is 2.00 bits per heavy atom. The molecule has 19 heavy (non-hydrogen) atoms. The molecule has 0 fully saturated rings. The van der Waals surface area contributed by atoms with Gasteiger partial charge in [-0.2, -0.15) is 0 Å². The fraction of sp³-hybridized carbons (Fsp3) is 0.375. The zero-order valence-corrected chi connectivity index (χ0v) is 12.1. The summed E-state index contributed by atoms with van der Waals surface area (Å²) in [5, 5.41) is 0. The first-order valence-electron chi connectivity index (χ1n) is 6.85. The van der Waals surface area contributed by atoms with Crippen LogP contribution in [0.25, 0.3) is 0 Å². The number of fused-ring (bicyclic) bond motifs is 1. The van der Waals surface area contributed by atoms with Crippen LogP contribution in [0.3, 0.4) is 0 Å². The monoisotopic (exact) mass is 272 g/mol. The predicted molar refractivity (Wildman–Crippen MR) is 81.4 cm³/mol. The fourth-order valence-electron chi connectivity index (χ4n) is 2.86. The van der Waals surface area contributed by atoms with Gasteiger partial charge in [-0.3, -0.25) is 4.90 Å². The van der Waals surface area contributed by atoms with Crippen molar-refractivity contribution in [1.82, 2.24) is 4.90 Å². The molecule has 3 rings (SSSR count). The molecular formula is C16H20N2S. The zero-order chi connectivity index (χ0) is 13.2. The summed E-state index contributed by atoms with van der Waals surface area (Å²) in [6.07, 6.45) is 1.14. The van der Waals surface area contributed by atoms with E-state index < -0.39 is 0 Å². The number of rotatable bonds is 3. The average molecular weight is 272 g/mol. The molecule has 0 saturated carbocycles. The SMILES string of the molecule is Cc1ccc(C(CN)N2CCc3ccccc3C2)s1. The normalized spacial score (nSPS) is 17.2. The Kier molecular flexibility index (Phi) is 3.69. The third kappa shape index (κ3) is 2.59. The summed E-state index contributed by atoms with van der Waals surface area (Å²) in [4.78, 5) is 5.29. The molecule has 3 heteroatoms. The minimum absolute atomic E-state index is 0.368. The van der Waals surface area contributed by atoms with Crippen molar-refractivity contribution in [1.29, 1.82) is 0 Å². The third-order valence-corrected chi connectivity index (χ3v) is 5.02. The summed E-state index contributed by atoms with van der Waals surface area (Å²) < 4.78 is 0. The summed E-state index contributed by atoms with van der Waals surface area (Å²) in [6, 6.07) is 13.6. The van der Waals surface area contributed by atoms with E-state index in [0.29, 0.717) is 12.6 Å². The van der Waals surface area contributed by atoms with Crippen molar-refractivity contribution in [2.45, 2.75) is 25.9 Å². The molecule has 2 aromatic rings. The average Bonchev–Trinajstić information content (AvgIpc) is 2.86. The largest absolute Gasteiger partial charge is 0.329 e. The predicted octanol–water partition coefficient (Wildman–Crippen LogP) is 3.11. The molecule has 0 spiro atoms.